The SMILES string of the molecule is Cc1snnc1/C(=N/OCc1csc(NC(=O)COc2ccccc2)n1)c1ccccc1. The van der Waals surface area contributed by atoms with E-state index in [0.717, 1.165) is 10.4 Å². The maximum atomic E-state index is 12.1. The van der Waals surface area contributed by atoms with Crippen LogP contribution in [0.3, 0.4) is 0 Å². The number of carbonyl (C=O) groups is 1. The van der Waals surface area contributed by atoms with E-state index in [9.17, 15) is 4.79 Å². The van der Waals surface area contributed by atoms with Crippen molar-refractivity contribution in [2.24, 2.45) is 5.16 Å². The Hall–Kier alpha value is -3.63. The first kappa shape index (κ1) is 21.6. The molecule has 0 saturated heterocycles. The lowest BCUT2D eigenvalue weighted by Crippen LogP contribution is -2.20. The molecule has 0 radical (unpaired) electrons. The summed E-state index contributed by atoms with van der Waals surface area (Å²) in [5, 5.41) is 13.5. The van der Waals surface area contributed by atoms with Crippen molar-refractivity contribution in [2.75, 3.05) is 11.9 Å². The van der Waals surface area contributed by atoms with E-state index in [1.165, 1.54) is 22.9 Å². The summed E-state index contributed by atoms with van der Waals surface area (Å²) >= 11 is 2.62. The highest BCUT2D eigenvalue weighted by atomic mass is 32.1. The maximum absolute atomic E-state index is 12.1. The molecular weight excluding hydrogens is 446 g/mol. The number of hydrogen-bond donors (Lipinski definition) is 1. The number of oxime groups is 1. The predicted molar refractivity (Wildman–Crippen MR) is 124 cm³/mol. The van der Waals surface area contributed by atoms with Crippen LogP contribution in [-0.2, 0) is 16.2 Å². The molecule has 162 valence electrons. The lowest BCUT2D eigenvalue weighted by atomic mass is 10.1. The van der Waals surface area contributed by atoms with Crippen LogP contribution in [-0.4, -0.2) is 32.8 Å². The Labute approximate surface area is 192 Å². The largest absolute Gasteiger partial charge is 0.484 e. The highest BCUT2D eigenvalue weighted by Gasteiger charge is 2.15. The van der Waals surface area contributed by atoms with Crippen LogP contribution in [0, 0.1) is 6.92 Å². The van der Waals surface area contributed by atoms with Crippen LogP contribution in [0.25, 0.3) is 0 Å². The summed E-state index contributed by atoms with van der Waals surface area (Å²) in [6, 6.07) is 18.8. The summed E-state index contributed by atoms with van der Waals surface area (Å²) in [4.78, 5) is 23.0. The van der Waals surface area contributed by atoms with Crippen LogP contribution in [0.5, 0.6) is 5.75 Å². The molecule has 0 atom stereocenters. The van der Waals surface area contributed by atoms with Crippen molar-refractivity contribution in [1.29, 1.82) is 0 Å². The van der Waals surface area contributed by atoms with Crippen LogP contribution in [0.1, 0.15) is 21.8 Å². The van der Waals surface area contributed by atoms with Crippen molar-refractivity contribution < 1.29 is 14.4 Å². The second-order valence-corrected chi connectivity index (χ2v) is 8.37. The number of hydrogen-bond acceptors (Lipinski definition) is 9. The van der Waals surface area contributed by atoms with Crippen molar-refractivity contribution in [2.45, 2.75) is 13.5 Å². The molecule has 32 heavy (non-hydrogen) atoms. The van der Waals surface area contributed by atoms with Gasteiger partial charge in [0.15, 0.2) is 18.3 Å². The van der Waals surface area contributed by atoms with Gasteiger partial charge in [0.05, 0.1) is 10.6 Å². The summed E-state index contributed by atoms with van der Waals surface area (Å²) in [7, 11) is 0. The van der Waals surface area contributed by atoms with E-state index < -0.39 is 0 Å². The number of nitrogens with one attached hydrogen (secondary N) is 1. The zero-order valence-corrected chi connectivity index (χ0v) is 18.7. The minimum atomic E-state index is -0.286. The zero-order valence-electron chi connectivity index (χ0n) is 17.1. The van der Waals surface area contributed by atoms with Crippen LogP contribution in [0.4, 0.5) is 5.13 Å². The molecule has 4 aromatic rings. The van der Waals surface area contributed by atoms with Gasteiger partial charge >= 0.3 is 0 Å². The first-order chi connectivity index (χ1) is 15.7. The molecule has 0 unspecified atom stereocenters. The van der Waals surface area contributed by atoms with Gasteiger partial charge in [-0.2, -0.15) is 0 Å². The molecule has 2 aromatic heterocycles. The topological polar surface area (TPSA) is 98.6 Å². The molecule has 0 saturated carbocycles. The molecule has 0 fully saturated rings. The van der Waals surface area contributed by atoms with Crippen molar-refractivity contribution in [3.63, 3.8) is 0 Å². The normalized spacial score (nSPS) is 11.2. The predicted octanol–water partition coefficient (Wildman–Crippen LogP) is 4.29. The summed E-state index contributed by atoms with van der Waals surface area (Å²) in [6.45, 7) is 2.00. The molecule has 2 heterocycles. The van der Waals surface area contributed by atoms with Gasteiger partial charge in [0.1, 0.15) is 17.2 Å². The van der Waals surface area contributed by atoms with E-state index in [-0.39, 0.29) is 19.1 Å². The molecule has 8 nitrogen and oxygen atoms in total. The van der Waals surface area contributed by atoms with Gasteiger partial charge in [-0.3, -0.25) is 10.1 Å². The van der Waals surface area contributed by atoms with Gasteiger partial charge < -0.3 is 9.57 Å². The quantitative estimate of drug-likeness (QED) is 0.292. The third kappa shape index (κ3) is 5.74. The number of thiazole rings is 1. The van der Waals surface area contributed by atoms with Gasteiger partial charge in [-0.25, -0.2) is 4.98 Å². The van der Waals surface area contributed by atoms with E-state index >= 15 is 0 Å². The molecule has 0 aliphatic rings. The first-order valence-electron chi connectivity index (χ1n) is 9.66. The van der Waals surface area contributed by atoms with Crippen molar-refractivity contribution in [1.82, 2.24) is 14.6 Å². The van der Waals surface area contributed by atoms with E-state index in [0.29, 0.717) is 28.0 Å². The summed E-state index contributed by atoms with van der Waals surface area (Å²) in [5.41, 5.74) is 2.83. The van der Waals surface area contributed by atoms with Crippen LogP contribution in [0.15, 0.2) is 71.2 Å². The molecule has 4 rings (SSSR count). The monoisotopic (exact) mass is 465 g/mol. The number of nitrogens with zero attached hydrogens (tertiary/aromatic N) is 4. The van der Waals surface area contributed by atoms with Crippen LogP contribution < -0.4 is 10.1 Å². The number of carbonyl (C=O) groups excluding carboxylic acids is 1. The van der Waals surface area contributed by atoms with Gasteiger partial charge in [-0.05, 0) is 30.6 Å². The van der Waals surface area contributed by atoms with E-state index in [1.807, 2.05) is 55.5 Å². The highest BCUT2D eigenvalue weighted by molar-refractivity contribution is 7.13. The Balaban J connectivity index is 1.35. The van der Waals surface area contributed by atoms with Crippen molar-refractivity contribution >= 4 is 39.6 Å². The highest BCUT2D eigenvalue weighted by Crippen LogP contribution is 2.18. The number of amides is 1. The Morgan fingerprint density at radius 2 is 1.84 bits per heavy atom. The van der Waals surface area contributed by atoms with Gasteiger partial charge in [-0.15, -0.1) is 16.4 Å². The van der Waals surface area contributed by atoms with Gasteiger partial charge in [-0.1, -0.05) is 58.2 Å². The standard InChI is InChI=1S/C22H19N5O3S2/c1-15-20(25-27-32-15)21(16-8-4-2-5-9-16)26-30-12-17-14-31-22(23-17)24-19(28)13-29-18-10-6-3-7-11-18/h2-11,14H,12-13H2,1H3,(H,23,24,28)/b26-21+. The lowest BCUT2D eigenvalue weighted by Gasteiger charge is -2.05. The average Bonchev–Trinajstić information content (AvgIpc) is 3.45. The third-order valence-electron chi connectivity index (χ3n) is 4.20. The second kappa shape index (κ2) is 10.6. The maximum Gasteiger partial charge on any atom is 0.264 e. The van der Waals surface area contributed by atoms with Crippen molar-refractivity contribution in [3.05, 3.63) is 87.9 Å². The van der Waals surface area contributed by atoms with Gasteiger partial charge in [0, 0.05) is 10.9 Å². The van der Waals surface area contributed by atoms with Crippen LogP contribution in [0.2, 0.25) is 0 Å². The molecule has 2 aromatic carbocycles. The molecule has 10 heteroatoms. The van der Waals surface area contributed by atoms with E-state index in [1.54, 1.807) is 17.5 Å². The Kier molecular flexibility index (Phi) is 7.15. The zero-order chi connectivity index (χ0) is 22.2. The number of anilines is 1. The fourth-order valence-corrected chi connectivity index (χ4v) is 3.87. The summed E-state index contributed by atoms with van der Waals surface area (Å²) in [5.74, 6) is 0.347. The molecule has 0 spiro atoms. The van der Waals surface area contributed by atoms with Crippen LogP contribution >= 0.6 is 22.9 Å². The number of benzene rings is 2. The molecular formula is C22H19N5O3S2. The Bertz CT molecular complexity index is 1190. The Morgan fingerprint density at radius 1 is 1.09 bits per heavy atom. The van der Waals surface area contributed by atoms with Gasteiger partial charge in [0.25, 0.3) is 5.91 Å². The summed E-state index contributed by atoms with van der Waals surface area (Å²) < 4.78 is 9.43. The van der Waals surface area contributed by atoms with E-state index in [2.05, 4.69) is 25.0 Å². The molecule has 1 N–H and O–H groups in total. The third-order valence-corrected chi connectivity index (χ3v) is 5.64. The van der Waals surface area contributed by atoms with E-state index in [4.69, 9.17) is 9.57 Å². The fraction of sp³-hybridized carbons (Fsp3) is 0.136. The second-order valence-electron chi connectivity index (χ2n) is 6.55. The minimum absolute atomic E-state index is 0.0960. The average molecular weight is 466 g/mol. The lowest BCUT2D eigenvalue weighted by molar-refractivity contribution is -0.118. The molecule has 1 amide bonds. The molecule has 0 bridgehead atoms. The number of para-hydroxylation sites is 1. The molecule has 0 aliphatic heterocycles. The number of aromatic nitrogens is 3. The molecule has 0 aliphatic carbocycles. The first-order valence-corrected chi connectivity index (χ1v) is 11.3. The summed E-state index contributed by atoms with van der Waals surface area (Å²) in [6.07, 6.45) is 0. The number of rotatable bonds is 9. The number of aryl methyl sites for hydroxylation is 1. The minimum Gasteiger partial charge on any atom is -0.484 e. The fourth-order valence-electron chi connectivity index (χ4n) is 2.69. The Morgan fingerprint density at radius 3 is 2.56 bits per heavy atom. The smallest absolute Gasteiger partial charge is 0.264 e. The van der Waals surface area contributed by atoms with Gasteiger partial charge in [0.2, 0.25) is 0 Å². The van der Waals surface area contributed by atoms with Crippen molar-refractivity contribution in [3.8, 4) is 5.75 Å². The number of ether oxygens (including phenoxy) is 1.